The van der Waals surface area contributed by atoms with Gasteiger partial charge < -0.3 is 9.72 Å². The van der Waals surface area contributed by atoms with Crippen molar-refractivity contribution < 1.29 is 13.9 Å². The largest absolute Gasteiger partial charge is 0.423 e. The van der Waals surface area contributed by atoms with E-state index < -0.39 is 0 Å². The number of nitrogens with zero attached hydrogens (tertiary/aromatic N) is 2. The van der Waals surface area contributed by atoms with Gasteiger partial charge in [0.15, 0.2) is 5.75 Å². The molecule has 0 aliphatic heterocycles. The van der Waals surface area contributed by atoms with E-state index >= 15 is 0 Å². The highest BCUT2D eigenvalue weighted by atomic mass is 79.9. The van der Waals surface area contributed by atoms with Gasteiger partial charge in [0.25, 0.3) is 0 Å². The summed E-state index contributed by atoms with van der Waals surface area (Å²) in [6.07, 6.45) is 2.91. The van der Waals surface area contributed by atoms with Crippen LogP contribution in [0.15, 0.2) is 87.9 Å². The van der Waals surface area contributed by atoms with Crippen molar-refractivity contribution in [3.63, 3.8) is 0 Å². The molecule has 1 N–H and O–H groups in total. The third-order valence-corrected chi connectivity index (χ3v) is 7.74. The van der Waals surface area contributed by atoms with E-state index in [4.69, 9.17) is 9.72 Å². The van der Waals surface area contributed by atoms with Crippen molar-refractivity contribution in [3.8, 4) is 17.1 Å². The molecule has 0 spiro atoms. The van der Waals surface area contributed by atoms with Crippen LogP contribution in [0.5, 0.6) is 5.75 Å². The normalized spacial score (nSPS) is 11.4. The number of nitrogens with one attached hydrogen (secondary N) is 1. The highest BCUT2D eigenvalue weighted by Gasteiger charge is 2.18. The lowest BCUT2D eigenvalue weighted by molar-refractivity contribution is -0.134. The van der Waals surface area contributed by atoms with Gasteiger partial charge in [-0.1, -0.05) is 46.3 Å². The summed E-state index contributed by atoms with van der Waals surface area (Å²) in [5.41, 5.74) is 4.83. The van der Waals surface area contributed by atoms with Crippen LogP contribution in [0, 0.1) is 5.82 Å². The zero-order valence-electron chi connectivity index (χ0n) is 20.0. The first-order chi connectivity index (χ1) is 18.5. The highest BCUT2D eigenvalue weighted by molar-refractivity contribution is 9.11. The average molecular weight is 633 g/mol. The number of aromatic nitrogens is 3. The van der Waals surface area contributed by atoms with Crippen molar-refractivity contribution in [1.29, 1.82) is 0 Å². The number of pyridine rings is 2. The van der Waals surface area contributed by atoms with Gasteiger partial charge in [-0.25, -0.2) is 9.37 Å². The Balaban J connectivity index is 1.27. The number of halogens is 3. The quantitative estimate of drug-likeness (QED) is 0.148. The van der Waals surface area contributed by atoms with Crippen molar-refractivity contribution in [2.24, 2.45) is 0 Å². The molecule has 0 aliphatic carbocycles. The third-order valence-electron chi connectivity index (χ3n) is 6.50. The van der Waals surface area contributed by atoms with Gasteiger partial charge in [0.2, 0.25) is 0 Å². The number of esters is 1. The molecule has 6 rings (SSSR count). The number of rotatable bonds is 6. The number of H-pyrrole nitrogens is 1. The lowest BCUT2D eigenvalue weighted by Crippen LogP contribution is -2.09. The van der Waals surface area contributed by atoms with E-state index in [1.165, 1.54) is 12.1 Å². The fourth-order valence-electron chi connectivity index (χ4n) is 4.72. The van der Waals surface area contributed by atoms with Gasteiger partial charge >= 0.3 is 5.97 Å². The number of fused-ring (bicyclic) bond motifs is 3. The Bertz CT molecular complexity index is 1850. The molecule has 6 aromatic rings. The van der Waals surface area contributed by atoms with E-state index in [1.807, 2.05) is 54.6 Å². The fraction of sp³-hybridized carbons (Fsp3) is 0.100. The number of carbonyl (C=O) groups is 1. The molecule has 0 atom stereocenters. The van der Waals surface area contributed by atoms with Crippen molar-refractivity contribution in [3.05, 3.63) is 99.3 Å². The molecule has 0 amide bonds. The van der Waals surface area contributed by atoms with Crippen LogP contribution < -0.4 is 4.74 Å². The molecule has 38 heavy (non-hydrogen) atoms. The van der Waals surface area contributed by atoms with Crippen molar-refractivity contribution in [2.45, 2.75) is 19.3 Å². The molecule has 3 heterocycles. The number of hydrogen-bond donors (Lipinski definition) is 1. The number of aromatic amines is 1. The Labute approximate surface area is 234 Å². The monoisotopic (exact) mass is 631 g/mol. The van der Waals surface area contributed by atoms with Gasteiger partial charge in [-0.2, -0.15) is 0 Å². The Morgan fingerprint density at radius 1 is 0.947 bits per heavy atom. The molecule has 0 saturated carbocycles. The lowest BCUT2D eigenvalue weighted by Gasteiger charge is -2.11. The summed E-state index contributed by atoms with van der Waals surface area (Å²) < 4.78 is 21.5. The van der Waals surface area contributed by atoms with Gasteiger partial charge in [0.1, 0.15) is 11.3 Å². The van der Waals surface area contributed by atoms with Crippen LogP contribution in [-0.4, -0.2) is 20.9 Å². The number of para-hydroxylation sites is 1. The number of aryl methyl sites for hydroxylation is 1. The first-order valence-corrected chi connectivity index (χ1v) is 13.7. The second kappa shape index (κ2) is 10.3. The van der Waals surface area contributed by atoms with Crippen LogP contribution in [0.1, 0.15) is 18.4 Å². The summed E-state index contributed by atoms with van der Waals surface area (Å²) in [6.45, 7) is 0. The second-order valence-corrected chi connectivity index (χ2v) is 10.7. The Morgan fingerprint density at radius 3 is 2.71 bits per heavy atom. The minimum atomic E-state index is -0.364. The van der Waals surface area contributed by atoms with Gasteiger partial charge in [0.05, 0.1) is 21.4 Å². The number of benzene rings is 3. The summed E-state index contributed by atoms with van der Waals surface area (Å²) in [5, 5.41) is 2.69. The molecule has 188 valence electrons. The molecule has 0 saturated heterocycles. The standard InChI is InChI=1S/C30H20Br2FN3O2/c31-22-16-23(32)30(29-20(22)7-4-14-34-29)38-27(37)9-3-6-19-21-15-18(33)11-13-25(21)36-28(19)26-12-10-17-5-1-2-8-24(17)35-26/h1-2,4-5,7-8,10-16,36H,3,6,9H2. The van der Waals surface area contributed by atoms with E-state index in [9.17, 15) is 9.18 Å². The molecular formula is C30H20Br2FN3O2. The average Bonchev–Trinajstić information content (AvgIpc) is 3.28. The van der Waals surface area contributed by atoms with E-state index in [-0.39, 0.29) is 18.2 Å². The Hall–Kier alpha value is -3.62. The van der Waals surface area contributed by atoms with Crippen LogP contribution in [0.4, 0.5) is 4.39 Å². The maximum absolute atomic E-state index is 14.2. The SMILES string of the molecule is O=C(CCCc1c(-c2ccc3ccccc3n2)[nH]c2ccc(F)cc12)Oc1c(Br)cc(Br)c2cccnc12. The summed E-state index contributed by atoms with van der Waals surface area (Å²) >= 11 is 7.02. The van der Waals surface area contributed by atoms with Gasteiger partial charge in [-0.15, -0.1) is 0 Å². The van der Waals surface area contributed by atoms with Crippen LogP contribution in [0.3, 0.4) is 0 Å². The highest BCUT2D eigenvalue weighted by Crippen LogP contribution is 2.38. The van der Waals surface area contributed by atoms with E-state index in [2.05, 4.69) is 41.8 Å². The smallest absolute Gasteiger partial charge is 0.311 e. The van der Waals surface area contributed by atoms with Crippen LogP contribution in [-0.2, 0) is 11.2 Å². The molecule has 0 radical (unpaired) electrons. The summed E-state index contributed by atoms with van der Waals surface area (Å²) in [6, 6.07) is 22.2. The molecule has 0 bridgehead atoms. The molecule has 3 aromatic heterocycles. The van der Waals surface area contributed by atoms with E-state index in [1.54, 1.807) is 12.3 Å². The number of hydrogen-bond acceptors (Lipinski definition) is 4. The zero-order chi connectivity index (χ0) is 26.2. The zero-order valence-corrected chi connectivity index (χ0v) is 23.1. The van der Waals surface area contributed by atoms with Crippen molar-refractivity contribution in [1.82, 2.24) is 15.0 Å². The third kappa shape index (κ3) is 4.70. The van der Waals surface area contributed by atoms with Crippen molar-refractivity contribution >= 4 is 70.5 Å². The van der Waals surface area contributed by atoms with Crippen molar-refractivity contribution in [2.75, 3.05) is 0 Å². The first kappa shape index (κ1) is 24.7. The minimum Gasteiger partial charge on any atom is -0.423 e. The van der Waals surface area contributed by atoms with Gasteiger partial charge in [0, 0.05) is 38.8 Å². The summed E-state index contributed by atoms with van der Waals surface area (Å²) in [7, 11) is 0. The summed E-state index contributed by atoms with van der Waals surface area (Å²) in [4.78, 5) is 25.5. The predicted octanol–water partition coefficient (Wildman–Crippen LogP) is 8.52. The second-order valence-electron chi connectivity index (χ2n) is 8.95. The molecule has 0 unspecified atom stereocenters. The topological polar surface area (TPSA) is 67.9 Å². The van der Waals surface area contributed by atoms with E-state index in [0.717, 1.165) is 48.6 Å². The molecule has 8 heteroatoms. The van der Waals surface area contributed by atoms with Crippen LogP contribution in [0.2, 0.25) is 0 Å². The van der Waals surface area contributed by atoms with Gasteiger partial charge in [-0.3, -0.25) is 9.78 Å². The lowest BCUT2D eigenvalue weighted by atomic mass is 10.0. The Kier molecular flexibility index (Phi) is 6.68. The van der Waals surface area contributed by atoms with E-state index in [0.29, 0.717) is 28.6 Å². The maximum atomic E-state index is 14.2. The molecule has 5 nitrogen and oxygen atoms in total. The number of ether oxygens (including phenoxy) is 1. The first-order valence-electron chi connectivity index (χ1n) is 12.1. The molecule has 0 fully saturated rings. The molecule has 3 aromatic carbocycles. The summed E-state index contributed by atoms with van der Waals surface area (Å²) in [5.74, 6) is -0.282. The Morgan fingerprint density at radius 2 is 1.82 bits per heavy atom. The van der Waals surface area contributed by atoms with Crippen LogP contribution >= 0.6 is 31.9 Å². The molecular weight excluding hydrogens is 613 g/mol. The fourth-order valence-corrected chi connectivity index (χ4v) is 6.08. The minimum absolute atomic E-state index is 0.184. The number of carbonyl (C=O) groups excluding carboxylic acids is 1. The van der Waals surface area contributed by atoms with Gasteiger partial charge in [-0.05, 0) is 76.8 Å². The predicted molar refractivity (Wildman–Crippen MR) is 155 cm³/mol. The van der Waals surface area contributed by atoms with Crippen LogP contribution in [0.25, 0.3) is 44.1 Å². The molecule has 0 aliphatic rings. The maximum Gasteiger partial charge on any atom is 0.311 e.